The molecule has 0 aromatic heterocycles. The molecule has 1 aromatic carbocycles. The number of ketones is 1. The topological polar surface area (TPSA) is 52.6 Å². The first kappa shape index (κ1) is 16.0. The van der Waals surface area contributed by atoms with E-state index in [2.05, 4.69) is 4.74 Å². The fourth-order valence-electron chi connectivity index (χ4n) is 1.57. The third kappa shape index (κ3) is 3.97. The molecule has 0 heterocycles. The summed E-state index contributed by atoms with van der Waals surface area (Å²) in [5, 5.41) is 0. The first-order valence-electron chi connectivity index (χ1n) is 5.73. The molecular formula is C13H13F3O4. The van der Waals surface area contributed by atoms with Crippen LogP contribution in [0.3, 0.4) is 0 Å². The molecule has 0 aliphatic heterocycles. The van der Waals surface area contributed by atoms with Gasteiger partial charge in [-0.1, -0.05) is 0 Å². The van der Waals surface area contributed by atoms with Crippen molar-refractivity contribution < 1.29 is 32.2 Å². The minimum Gasteiger partial charge on any atom is -0.497 e. The highest BCUT2D eigenvalue weighted by atomic mass is 19.4. The van der Waals surface area contributed by atoms with Gasteiger partial charge in [0.1, 0.15) is 12.2 Å². The van der Waals surface area contributed by atoms with Crippen LogP contribution in [0.25, 0.3) is 0 Å². The van der Waals surface area contributed by atoms with Crippen molar-refractivity contribution in [1.29, 1.82) is 0 Å². The van der Waals surface area contributed by atoms with Crippen LogP contribution < -0.4 is 4.74 Å². The van der Waals surface area contributed by atoms with Gasteiger partial charge in [0.15, 0.2) is 5.78 Å². The van der Waals surface area contributed by atoms with Gasteiger partial charge in [0.05, 0.1) is 19.3 Å². The molecule has 110 valence electrons. The van der Waals surface area contributed by atoms with E-state index in [1.807, 2.05) is 0 Å². The first-order valence-corrected chi connectivity index (χ1v) is 5.73. The minimum atomic E-state index is -4.69. The zero-order chi connectivity index (χ0) is 15.3. The average Bonchev–Trinajstić information content (AvgIpc) is 2.37. The number of carbonyl (C=O) groups is 2. The van der Waals surface area contributed by atoms with Crippen molar-refractivity contribution in [2.24, 2.45) is 0 Å². The lowest BCUT2D eigenvalue weighted by atomic mass is 10.0. The molecule has 0 bridgehead atoms. The van der Waals surface area contributed by atoms with Crippen LogP contribution in [0.5, 0.6) is 5.75 Å². The second-order valence-corrected chi connectivity index (χ2v) is 3.81. The van der Waals surface area contributed by atoms with Crippen molar-refractivity contribution in [3.05, 3.63) is 29.3 Å². The Morgan fingerprint density at radius 3 is 2.40 bits per heavy atom. The fourth-order valence-corrected chi connectivity index (χ4v) is 1.57. The number of carbonyl (C=O) groups excluding carboxylic acids is 2. The van der Waals surface area contributed by atoms with Crippen LogP contribution >= 0.6 is 0 Å². The van der Waals surface area contributed by atoms with Crippen LogP contribution in [0.4, 0.5) is 13.2 Å². The predicted molar refractivity (Wildman–Crippen MR) is 63.6 cm³/mol. The summed E-state index contributed by atoms with van der Waals surface area (Å²) in [7, 11) is 1.27. The van der Waals surface area contributed by atoms with E-state index in [0.29, 0.717) is 0 Å². The third-order valence-corrected chi connectivity index (χ3v) is 2.44. The number of rotatable bonds is 5. The molecule has 0 spiro atoms. The standard InChI is InChI=1S/C13H13F3O4/c1-3-20-12(18)7-11(17)9-6-8(19-2)4-5-10(9)13(14,15)16/h4-6H,3,7H2,1-2H3. The zero-order valence-corrected chi connectivity index (χ0v) is 10.9. The second-order valence-electron chi connectivity index (χ2n) is 3.81. The molecule has 1 rings (SSSR count). The Kier molecular flexibility index (Phi) is 5.12. The van der Waals surface area contributed by atoms with Crippen molar-refractivity contribution in [3.63, 3.8) is 0 Å². The number of methoxy groups -OCH3 is 1. The van der Waals surface area contributed by atoms with Crippen LogP contribution in [-0.2, 0) is 15.7 Å². The van der Waals surface area contributed by atoms with Crippen LogP contribution in [0.2, 0.25) is 0 Å². The van der Waals surface area contributed by atoms with Gasteiger partial charge in [-0.3, -0.25) is 9.59 Å². The van der Waals surface area contributed by atoms with Crippen LogP contribution in [0.1, 0.15) is 29.3 Å². The van der Waals surface area contributed by atoms with Gasteiger partial charge in [0.25, 0.3) is 0 Å². The monoisotopic (exact) mass is 290 g/mol. The number of hydrogen-bond donors (Lipinski definition) is 0. The Bertz CT molecular complexity index is 509. The molecule has 0 saturated heterocycles. The first-order chi connectivity index (χ1) is 9.29. The van der Waals surface area contributed by atoms with Crippen molar-refractivity contribution in [3.8, 4) is 5.75 Å². The van der Waals surface area contributed by atoms with Gasteiger partial charge in [-0.2, -0.15) is 13.2 Å². The number of ether oxygens (including phenoxy) is 2. The Morgan fingerprint density at radius 1 is 1.25 bits per heavy atom. The van der Waals surface area contributed by atoms with E-state index in [9.17, 15) is 22.8 Å². The Morgan fingerprint density at radius 2 is 1.90 bits per heavy atom. The Hall–Kier alpha value is -2.05. The molecular weight excluding hydrogens is 277 g/mol. The Labute approximate surface area is 113 Å². The summed E-state index contributed by atoms with van der Waals surface area (Å²) in [5.41, 5.74) is -1.71. The van der Waals surface area contributed by atoms with Crippen LogP contribution in [0, 0.1) is 0 Å². The molecule has 0 unspecified atom stereocenters. The fraction of sp³-hybridized carbons (Fsp3) is 0.385. The molecule has 7 heteroatoms. The number of alkyl halides is 3. The van der Waals surface area contributed by atoms with Crippen molar-refractivity contribution >= 4 is 11.8 Å². The highest BCUT2D eigenvalue weighted by Crippen LogP contribution is 2.34. The number of benzene rings is 1. The molecule has 0 atom stereocenters. The molecule has 0 radical (unpaired) electrons. The largest absolute Gasteiger partial charge is 0.497 e. The highest BCUT2D eigenvalue weighted by Gasteiger charge is 2.35. The number of Topliss-reactive ketones (excluding diaryl/α,β-unsaturated/α-hetero) is 1. The molecule has 20 heavy (non-hydrogen) atoms. The van der Waals surface area contributed by atoms with E-state index in [1.54, 1.807) is 0 Å². The lowest BCUT2D eigenvalue weighted by Gasteiger charge is -2.13. The normalized spacial score (nSPS) is 11.1. The van der Waals surface area contributed by atoms with E-state index in [1.165, 1.54) is 14.0 Å². The van der Waals surface area contributed by atoms with Gasteiger partial charge in [0, 0.05) is 5.56 Å². The van der Waals surface area contributed by atoms with E-state index in [4.69, 9.17) is 4.74 Å². The third-order valence-electron chi connectivity index (χ3n) is 2.44. The summed E-state index contributed by atoms with van der Waals surface area (Å²) in [4.78, 5) is 23.0. The zero-order valence-electron chi connectivity index (χ0n) is 10.9. The molecule has 0 fully saturated rings. The number of hydrogen-bond acceptors (Lipinski definition) is 4. The molecule has 0 amide bonds. The summed E-state index contributed by atoms with van der Waals surface area (Å²) < 4.78 is 47.8. The van der Waals surface area contributed by atoms with Gasteiger partial charge in [-0.05, 0) is 25.1 Å². The predicted octanol–water partition coefficient (Wildman–Crippen LogP) is 2.85. The summed E-state index contributed by atoms with van der Waals surface area (Å²) in [6.45, 7) is 1.59. The number of esters is 1. The summed E-state index contributed by atoms with van der Waals surface area (Å²) in [6.07, 6.45) is -5.43. The van der Waals surface area contributed by atoms with Crippen molar-refractivity contribution in [2.75, 3.05) is 13.7 Å². The minimum absolute atomic E-state index is 0.0519. The molecule has 0 saturated carbocycles. The van der Waals surface area contributed by atoms with E-state index in [-0.39, 0.29) is 12.4 Å². The lowest BCUT2D eigenvalue weighted by molar-refractivity contribution is -0.142. The second kappa shape index (κ2) is 6.40. The van der Waals surface area contributed by atoms with Crippen molar-refractivity contribution in [1.82, 2.24) is 0 Å². The quantitative estimate of drug-likeness (QED) is 0.475. The number of halogens is 3. The van der Waals surface area contributed by atoms with Crippen molar-refractivity contribution in [2.45, 2.75) is 19.5 Å². The maximum atomic E-state index is 12.8. The molecule has 1 aromatic rings. The summed E-state index contributed by atoms with van der Waals surface area (Å²) >= 11 is 0. The van der Waals surface area contributed by atoms with E-state index in [0.717, 1.165) is 18.2 Å². The Balaban J connectivity index is 3.13. The average molecular weight is 290 g/mol. The van der Waals surface area contributed by atoms with Gasteiger partial charge in [0.2, 0.25) is 0 Å². The van der Waals surface area contributed by atoms with Gasteiger partial charge >= 0.3 is 12.1 Å². The van der Waals surface area contributed by atoms with Crippen LogP contribution in [0.15, 0.2) is 18.2 Å². The van der Waals surface area contributed by atoms with E-state index >= 15 is 0 Å². The van der Waals surface area contributed by atoms with Gasteiger partial charge in [-0.25, -0.2) is 0 Å². The van der Waals surface area contributed by atoms with Crippen LogP contribution in [-0.4, -0.2) is 25.5 Å². The summed E-state index contributed by atoms with van der Waals surface area (Å²) in [5.74, 6) is -1.73. The maximum absolute atomic E-state index is 12.8. The lowest BCUT2D eigenvalue weighted by Crippen LogP contribution is -2.17. The molecule has 4 nitrogen and oxygen atoms in total. The molecule has 0 aliphatic rings. The highest BCUT2D eigenvalue weighted by molar-refractivity contribution is 6.07. The SMILES string of the molecule is CCOC(=O)CC(=O)c1cc(OC)ccc1C(F)(F)F. The smallest absolute Gasteiger partial charge is 0.417 e. The van der Waals surface area contributed by atoms with Gasteiger partial charge in [-0.15, -0.1) is 0 Å². The molecule has 0 N–H and O–H groups in total. The summed E-state index contributed by atoms with van der Waals surface area (Å²) in [6, 6.07) is 2.81. The molecule has 0 aliphatic carbocycles. The maximum Gasteiger partial charge on any atom is 0.417 e. The van der Waals surface area contributed by atoms with E-state index < -0.39 is 35.5 Å². The van der Waals surface area contributed by atoms with Gasteiger partial charge < -0.3 is 9.47 Å².